The SMILES string of the molecule is CC(C)SC1([Si](C)(C)C2=CCC=C2)CC=C(C(C)(C)C)C=C1C(C)(C)C. The van der Waals surface area contributed by atoms with Crippen molar-refractivity contribution in [2.24, 2.45) is 10.8 Å². The molecular weight excluding hydrogens is 348 g/mol. The summed E-state index contributed by atoms with van der Waals surface area (Å²) < 4.78 is 0.231. The monoisotopic (exact) mass is 388 g/mol. The lowest BCUT2D eigenvalue weighted by Gasteiger charge is -2.53. The maximum absolute atomic E-state index is 2.61. The zero-order chi connectivity index (χ0) is 20.0. The van der Waals surface area contributed by atoms with Crippen LogP contribution in [0, 0.1) is 10.8 Å². The van der Waals surface area contributed by atoms with Crippen LogP contribution in [0.4, 0.5) is 0 Å². The predicted octanol–water partition coefficient (Wildman–Crippen LogP) is 7.89. The Kier molecular flexibility index (Phi) is 6.01. The number of hydrogen-bond acceptors (Lipinski definition) is 1. The molecule has 0 amide bonds. The van der Waals surface area contributed by atoms with Crippen molar-refractivity contribution in [2.75, 3.05) is 0 Å². The van der Waals surface area contributed by atoms with Gasteiger partial charge in [-0.2, -0.15) is 11.8 Å². The summed E-state index contributed by atoms with van der Waals surface area (Å²) >= 11 is 2.24. The van der Waals surface area contributed by atoms with Gasteiger partial charge in [-0.15, -0.1) is 0 Å². The molecule has 2 rings (SSSR count). The molecule has 2 aliphatic carbocycles. The van der Waals surface area contributed by atoms with Crippen molar-refractivity contribution < 1.29 is 0 Å². The van der Waals surface area contributed by atoms with Crippen LogP contribution in [0.3, 0.4) is 0 Å². The number of hydrogen-bond donors (Lipinski definition) is 0. The molecule has 1 atom stereocenters. The van der Waals surface area contributed by atoms with E-state index >= 15 is 0 Å². The minimum atomic E-state index is -1.72. The Labute approximate surface area is 168 Å². The van der Waals surface area contributed by atoms with E-state index in [0.29, 0.717) is 5.25 Å². The van der Waals surface area contributed by atoms with E-state index in [1.54, 1.807) is 10.8 Å². The number of allylic oxidation sites excluding steroid dienone is 7. The number of rotatable bonds is 4. The van der Waals surface area contributed by atoms with Gasteiger partial charge in [0.1, 0.15) is 8.07 Å². The van der Waals surface area contributed by atoms with Gasteiger partial charge in [0.05, 0.1) is 0 Å². The lowest BCUT2D eigenvalue weighted by molar-refractivity contribution is 0.454. The molecule has 0 bridgehead atoms. The molecule has 26 heavy (non-hydrogen) atoms. The van der Waals surface area contributed by atoms with Gasteiger partial charge in [0.2, 0.25) is 0 Å². The molecule has 2 heteroatoms. The zero-order valence-corrected chi connectivity index (χ0v) is 20.6. The molecule has 0 aromatic carbocycles. The van der Waals surface area contributed by atoms with Crippen molar-refractivity contribution in [1.82, 2.24) is 0 Å². The highest BCUT2D eigenvalue weighted by Gasteiger charge is 2.54. The van der Waals surface area contributed by atoms with Crippen LogP contribution in [-0.4, -0.2) is 17.7 Å². The highest BCUT2D eigenvalue weighted by molar-refractivity contribution is 8.03. The molecule has 0 nitrogen and oxygen atoms in total. The molecule has 0 saturated carbocycles. The average Bonchev–Trinajstić information content (AvgIpc) is 2.99. The molecule has 0 radical (unpaired) electrons. The Morgan fingerprint density at radius 2 is 1.62 bits per heavy atom. The third-order valence-electron chi connectivity index (χ3n) is 5.96. The van der Waals surface area contributed by atoms with Gasteiger partial charge in [-0.05, 0) is 34.5 Å². The van der Waals surface area contributed by atoms with Crippen LogP contribution in [0.15, 0.2) is 46.7 Å². The maximum Gasteiger partial charge on any atom is 0.103 e. The van der Waals surface area contributed by atoms with Crippen LogP contribution in [0.5, 0.6) is 0 Å². The van der Waals surface area contributed by atoms with E-state index in [2.05, 4.69) is 111 Å². The minimum Gasteiger partial charge on any atom is -0.150 e. The Hall–Kier alpha value is -0.473. The molecule has 146 valence electrons. The van der Waals surface area contributed by atoms with Crippen molar-refractivity contribution in [2.45, 2.75) is 90.9 Å². The first-order chi connectivity index (χ1) is 11.7. The second-order valence-corrected chi connectivity index (χ2v) is 17.8. The van der Waals surface area contributed by atoms with Gasteiger partial charge in [-0.25, -0.2) is 0 Å². The van der Waals surface area contributed by atoms with Crippen molar-refractivity contribution in [3.05, 3.63) is 46.7 Å². The van der Waals surface area contributed by atoms with Gasteiger partial charge in [-0.1, -0.05) is 110 Å². The quantitative estimate of drug-likeness (QED) is 0.441. The van der Waals surface area contributed by atoms with E-state index in [9.17, 15) is 0 Å². The molecule has 0 saturated heterocycles. The van der Waals surface area contributed by atoms with Gasteiger partial charge in [0, 0.05) is 4.37 Å². The lowest BCUT2D eigenvalue weighted by Crippen LogP contribution is -2.58. The molecule has 1 unspecified atom stereocenters. The third-order valence-corrected chi connectivity index (χ3v) is 13.4. The van der Waals surface area contributed by atoms with E-state index in [1.807, 2.05) is 0 Å². The van der Waals surface area contributed by atoms with Crippen LogP contribution in [-0.2, 0) is 0 Å². The van der Waals surface area contributed by atoms with Crippen molar-refractivity contribution in [3.8, 4) is 0 Å². The van der Waals surface area contributed by atoms with Crippen LogP contribution >= 0.6 is 11.8 Å². The Balaban J connectivity index is 2.70. The van der Waals surface area contributed by atoms with E-state index < -0.39 is 8.07 Å². The summed E-state index contributed by atoms with van der Waals surface area (Å²) in [5.74, 6) is 0. The second-order valence-electron chi connectivity index (χ2n) is 10.8. The Morgan fingerprint density at radius 1 is 1.00 bits per heavy atom. The summed E-state index contributed by atoms with van der Waals surface area (Å²) in [6, 6.07) is 0. The Bertz CT molecular complexity index is 659. The van der Waals surface area contributed by atoms with Gasteiger partial charge in [0.15, 0.2) is 0 Å². The van der Waals surface area contributed by atoms with Gasteiger partial charge in [0.25, 0.3) is 0 Å². The highest BCUT2D eigenvalue weighted by atomic mass is 32.2. The summed E-state index contributed by atoms with van der Waals surface area (Å²) in [4.78, 5) is 0. The number of thioether (sulfide) groups is 1. The first-order valence-electron chi connectivity index (χ1n) is 10.2. The minimum absolute atomic E-state index is 0.180. The van der Waals surface area contributed by atoms with E-state index in [1.165, 1.54) is 12.0 Å². The molecule has 0 fully saturated rings. The molecule has 2 aliphatic rings. The summed E-state index contributed by atoms with van der Waals surface area (Å²) in [5, 5.41) is 2.27. The maximum atomic E-state index is 2.61. The molecule has 0 aromatic heterocycles. The molecule has 0 aromatic rings. The topological polar surface area (TPSA) is 0 Å². The first kappa shape index (κ1) is 21.8. The van der Waals surface area contributed by atoms with Gasteiger partial charge < -0.3 is 0 Å². The van der Waals surface area contributed by atoms with Gasteiger partial charge >= 0.3 is 0 Å². The average molecular weight is 389 g/mol. The van der Waals surface area contributed by atoms with Crippen molar-refractivity contribution in [3.63, 3.8) is 0 Å². The first-order valence-corrected chi connectivity index (χ1v) is 14.1. The largest absolute Gasteiger partial charge is 0.150 e. The Morgan fingerprint density at radius 3 is 2.04 bits per heavy atom. The highest BCUT2D eigenvalue weighted by Crippen LogP contribution is 2.57. The summed E-state index contributed by atoms with van der Waals surface area (Å²) in [7, 11) is -1.72. The zero-order valence-electron chi connectivity index (χ0n) is 18.8. The van der Waals surface area contributed by atoms with Crippen molar-refractivity contribution in [1.29, 1.82) is 0 Å². The lowest BCUT2D eigenvalue weighted by atomic mass is 9.75. The molecule has 0 aliphatic heterocycles. The molecule has 0 spiro atoms. The fourth-order valence-corrected chi connectivity index (χ4v) is 11.5. The summed E-state index contributed by atoms with van der Waals surface area (Å²) in [6.07, 6.45) is 14.7. The standard InChI is InChI=1S/C24H40SSi/c1-18(2)25-24(26(9,10)20-13-11-12-14-20)16-15-19(22(3,4)5)17-21(24)23(6,7)8/h11,13-15,17-18H,12,16H2,1-10H3. The van der Waals surface area contributed by atoms with Crippen LogP contribution in [0.25, 0.3) is 0 Å². The molecular formula is C24H40SSi. The fourth-order valence-electron chi connectivity index (χ4n) is 4.45. The smallest absolute Gasteiger partial charge is 0.103 e. The van der Waals surface area contributed by atoms with Crippen LogP contribution < -0.4 is 0 Å². The van der Waals surface area contributed by atoms with Gasteiger partial charge in [-0.3, -0.25) is 0 Å². The predicted molar refractivity (Wildman–Crippen MR) is 124 cm³/mol. The van der Waals surface area contributed by atoms with E-state index in [0.717, 1.165) is 6.42 Å². The van der Waals surface area contributed by atoms with E-state index in [4.69, 9.17) is 0 Å². The van der Waals surface area contributed by atoms with Crippen molar-refractivity contribution >= 4 is 19.8 Å². The van der Waals surface area contributed by atoms with E-state index in [-0.39, 0.29) is 15.2 Å². The fraction of sp³-hybridized carbons (Fsp3) is 0.667. The second kappa shape index (κ2) is 7.17. The normalized spacial score (nSPS) is 24.7. The molecule has 0 N–H and O–H groups in total. The molecule has 0 heterocycles. The summed E-state index contributed by atoms with van der Waals surface area (Å²) in [5.41, 5.74) is 3.58. The summed E-state index contributed by atoms with van der Waals surface area (Å²) in [6.45, 7) is 24.3. The van der Waals surface area contributed by atoms with Crippen LogP contribution in [0.2, 0.25) is 13.1 Å². The van der Waals surface area contributed by atoms with Crippen LogP contribution in [0.1, 0.15) is 68.2 Å². The third kappa shape index (κ3) is 4.02.